The Labute approximate surface area is 399 Å². The number of carbonyl (C=O) groups is 4. The zero-order valence-corrected chi connectivity index (χ0v) is 40.3. The molecule has 0 radical (unpaired) electrons. The van der Waals surface area contributed by atoms with Gasteiger partial charge in [-0.05, 0) is 78.8 Å². The first-order chi connectivity index (χ1) is 31.8. The van der Waals surface area contributed by atoms with Crippen molar-refractivity contribution in [1.29, 1.82) is 5.26 Å². The number of aromatic nitrogens is 1. The number of halogens is 1. The summed E-state index contributed by atoms with van der Waals surface area (Å²) in [6.07, 6.45) is 3.20. The number of anilines is 1. The van der Waals surface area contributed by atoms with Crippen molar-refractivity contribution in [2.75, 3.05) is 31.6 Å². The minimum Gasteiger partial charge on any atom is -0.489 e. The Kier molecular flexibility index (Phi) is 16.4. The van der Waals surface area contributed by atoms with Crippen molar-refractivity contribution >= 4 is 40.9 Å². The summed E-state index contributed by atoms with van der Waals surface area (Å²) < 4.78 is 12.0. The normalized spacial score (nSPS) is 19.9. The molecule has 1 saturated carbocycles. The monoisotopic (exact) mass is 933 g/mol. The van der Waals surface area contributed by atoms with E-state index in [1.165, 1.54) is 4.90 Å². The molecule has 0 spiro atoms. The maximum Gasteiger partial charge on any atom is 0.251 e. The number of aliphatic hydroxyl groups excluding tert-OH is 1. The molecule has 3 aromatic carbocycles. The number of hydrogen-bond acceptors (Lipinski definition) is 10. The Hall–Kier alpha value is -6.01. The van der Waals surface area contributed by atoms with Crippen molar-refractivity contribution < 1.29 is 33.8 Å². The quantitative estimate of drug-likeness (QED) is 0.0596. The molecule has 67 heavy (non-hydrogen) atoms. The number of likely N-dealkylation sites (tertiary alicyclic amines) is 1. The highest BCUT2D eigenvalue weighted by atomic mass is 35.5. The van der Waals surface area contributed by atoms with Gasteiger partial charge in [0.05, 0.1) is 22.4 Å². The number of rotatable bonds is 19. The Morgan fingerprint density at radius 2 is 1.67 bits per heavy atom. The van der Waals surface area contributed by atoms with Crippen molar-refractivity contribution in [2.45, 2.75) is 111 Å². The number of nitrogens with one attached hydrogen (secondary N) is 4. The highest BCUT2D eigenvalue weighted by molar-refractivity contribution is 6.31. The molecule has 1 aliphatic carbocycles. The number of hydrogen-bond donors (Lipinski definition) is 5. The fraction of sp³-hybridized carbons (Fsp3) is 0.462. The van der Waals surface area contributed by atoms with Crippen LogP contribution in [0.5, 0.6) is 5.75 Å². The van der Waals surface area contributed by atoms with Crippen LogP contribution in [0.1, 0.15) is 95.6 Å². The zero-order valence-electron chi connectivity index (χ0n) is 39.5. The van der Waals surface area contributed by atoms with E-state index >= 15 is 0 Å². The summed E-state index contributed by atoms with van der Waals surface area (Å²) in [5.41, 5.74) is 3.07. The summed E-state index contributed by atoms with van der Waals surface area (Å²) in [7, 11) is 0. The third-order valence-electron chi connectivity index (χ3n) is 12.8. The van der Waals surface area contributed by atoms with Crippen LogP contribution in [0.3, 0.4) is 0 Å². The van der Waals surface area contributed by atoms with Crippen LogP contribution in [0.15, 0.2) is 91.1 Å². The molecule has 2 fully saturated rings. The molecule has 6 rings (SSSR count). The van der Waals surface area contributed by atoms with Crippen LogP contribution in [0.4, 0.5) is 5.69 Å². The minimum atomic E-state index is -0.949. The molecule has 1 aromatic heterocycles. The van der Waals surface area contributed by atoms with E-state index in [1.807, 2.05) is 75.4 Å². The standard InChI is InChI=1S/C52H64ClN7O7/c1-50(2,3)44(47(65)60-31-38(61)27-42(60)46(64)57-30-33-14-16-34(17-15-33)41-13-9-11-25-56-41)58-43(62)32-66-26-12-8-10-24-55-37-21-18-35(19-22-37)45(63)59-48-51(4,5)49(52(48,6)7)67-39-23-20-36(29-54)40(53)28-39/h9,11,13-23,25,28,38,42,44,48-49,55,61H,8,10,12,24,26-27,30-32H2,1-7H3,(H,57,64)(H,58,62)(H,59,63)/t38-,42+,44-,48?,49?/m1/s1. The molecular formula is C52H64ClN7O7. The largest absolute Gasteiger partial charge is 0.489 e. The molecule has 15 heteroatoms. The lowest BCUT2D eigenvalue weighted by molar-refractivity contribution is -0.164. The van der Waals surface area contributed by atoms with Gasteiger partial charge in [-0.25, -0.2) is 0 Å². The maximum atomic E-state index is 14.0. The van der Waals surface area contributed by atoms with Crippen molar-refractivity contribution in [3.63, 3.8) is 0 Å². The van der Waals surface area contributed by atoms with Gasteiger partial charge in [-0.1, -0.05) is 90.4 Å². The van der Waals surface area contributed by atoms with Gasteiger partial charge in [0.15, 0.2) is 0 Å². The van der Waals surface area contributed by atoms with Crippen LogP contribution < -0.4 is 26.0 Å². The number of aliphatic hydroxyl groups is 1. The Morgan fingerprint density at radius 1 is 0.955 bits per heavy atom. The van der Waals surface area contributed by atoms with Crippen molar-refractivity contribution in [3.05, 3.63) is 113 Å². The Balaban J connectivity index is 0.877. The summed E-state index contributed by atoms with van der Waals surface area (Å²) in [4.78, 5) is 59.6. The van der Waals surface area contributed by atoms with Crippen molar-refractivity contribution in [2.24, 2.45) is 16.2 Å². The minimum absolute atomic E-state index is 0.0120. The third kappa shape index (κ3) is 12.5. The van der Waals surface area contributed by atoms with Gasteiger partial charge in [0, 0.05) is 78.6 Å². The molecule has 2 aliphatic rings. The molecule has 1 aliphatic heterocycles. The number of carbonyl (C=O) groups excluding carboxylic acids is 4. The van der Waals surface area contributed by atoms with Gasteiger partial charge in [0.25, 0.3) is 5.91 Å². The molecular weight excluding hydrogens is 870 g/mol. The highest BCUT2D eigenvalue weighted by Gasteiger charge is 2.64. The van der Waals surface area contributed by atoms with E-state index in [2.05, 4.69) is 60.0 Å². The predicted molar refractivity (Wildman–Crippen MR) is 258 cm³/mol. The highest BCUT2D eigenvalue weighted by Crippen LogP contribution is 2.55. The number of nitrogens with zero attached hydrogens (tertiary/aromatic N) is 3. The molecule has 5 N–H and O–H groups in total. The first-order valence-corrected chi connectivity index (χ1v) is 23.3. The first kappa shape index (κ1) is 50.4. The summed E-state index contributed by atoms with van der Waals surface area (Å²) >= 11 is 6.24. The van der Waals surface area contributed by atoms with E-state index in [1.54, 1.807) is 36.5 Å². The van der Waals surface area contributed by atoms with Crippen LogP contribution >= 0.6 is 11.6 Å². The molecule has 1 saturated heterocycles. The van der Waals surface area contributed by atoms with Gasteiger partial charge < -0.3 is 40.7 Å². The number of ether oxygens (including phenoxy) is 2. The molecule has 4 amide bonds. The summed E-state index contributed by atoms with van der Waals surface area (Å²) in [5, 5.41) is 32.5. The summed E-state index contributed by atoms with van der Waals surface area (Å²) in [5.74, 6) is -0.830. The average Bonchev–Trinajstić information content (AvgIpc) is 3.70. The lowest BCUT2D eigenvalue weighted by atomic mass is 9.49. The molecule has 0 bridgehead atoms. The lowest BCUT2D eigenvalue weighted by Gasteiger charge is -2.63. The van der Waals surface area contributed by atoms with Gasteiger partial charge >= 0.3 is 0 Å². The fourth-order valence-electron chi connectivity index (χ4n) is 9.41. The lowest BCUT2D eigenvalue weighted by Crippen LogP contribution is -2.74. The number of benzene rings is 3. The third-order valence-corrected chi connectivity index (χ3v) is 13.1. The zero-order chi connectivity index (χ0) is 48.5. The summed E-state index contributed by atoms with van der Waals surface area (Å²) in [6, 6.07) is 25.9. The maximum absolute atomic E-state index is 14.0. The van der Waals surface area contributed by atoms with Crippen LogP contribution in [0.2, 0.25) is 5.02 Å². The van der Waals surface area contributed by atoms with Crippen LogP contribution in [0, 0.1) is 27.6 Å². The topological polar surface area (TPSA) is 195 Å². The number of amides is 4. The van der Waals surface area contributed by atoms with Crippen LogP contribution in [-0.2, 0) is 25.7 Å². The fourth-order valence-corrected chi connectivity index (χ4v) is 9.62. The molecule has 0 unspecified atom stereocenters. The predicted octanol–water partition coefficient (Wildman–Crippen LogP) is 7.29. The van der Waals surface area contributed by atoms with Gasteiger partial charge in [-0.2, -0.15) is 5.26 Å². The first-order valence-electron chi connectivity index (χ1n) is 22.9. The second kappa shape index (κ2) is 21.7. The van der Waals surface area contributed by atoms with E-state index in [0.717, 1.165) is 41.8 Å². The number of nitriles is 1. The molecule has 356 valence electrons. The molecule has 3 atom stereocenters. The van der Waals surface area contributed by atoms with E-state index < -0.39 is 35.4 Å². The van der Waals surface area contributed by atoms with Crippen LogP contribution in [0.25, 0.3) is 11.3 Å². The smallest absolute Gasteiger partial charge is 0.251 e. The van der Waals surface area contributed by atoms with Crippen molar-refractivity contribution in [3.8, 4) is 23.1 Å². The van der Waals surface area contributed by atoms with Crippen molar-refractivity contribution in [1.82, 2.24) is 25.8 Å². The number of unbranched alkanes of at least 4 members (excludes halogenated alkanes) is 2. The van der Waals surface area contributed by atoms with Gasteiger partial charge in [0.1, 0.15) is 36.6 Å². The molecule has 14 nitrogen and oxygen atoms in total. The van der Waals surface area contributed by atoms with Gasteiger partial charge in [-0.15, -0.1) is 0 Å². The average molecular weight is 935 g/mol. The van der Waals surface area contributed by atoms with E-state index in [0.29, 0.717) is 35.1 Å². The van der Waals surface area contributed by atoms with E-state index in [-0.39, 0.29) is 60.9 Å². The second-order valence-electron chi connectivity index (χ2n) is 19.8. The van der Waals surface area contributed by atoms with E-state index in [9.17, 15) is 29.5 Å². The van der Waals surface area contributed by atoms with E-state index in [4.69, 9.17) is 21.1 Å². The summed E-state index contributed by atoms with van der Waals surface area (Å²) in [6.45, 7) is 14.9. The van der Waals surface area contributed by atoms with Crippen LogP contribution in [-0.4, -0.2) is 95.3 Å². The molecule has 4 aromatic rings. The van der Waals surface area contributed by atoms with Gasteiger partial charge in [0.2, 0.25) is 17.7 Å². The SMILES string of the molecule is CC1(C)C(NC(=O)c2ccc(NCCCCCOCC(=O)N[C@H](C(=O)N3C[C@H](O)C[C@H]3C(=O)NCc3ccc(-c4ccccn4)cc3)C(C)(C)C)cc2)C(C)(C)C1Oc1ccc(C#N)c(Cl)c1. The second-order valence-corrected chi connectivity index (χ2v) is 20.2. The Morgan fingerprint density at radius 3 is 2.31 bits per heavy atom. The number of pyridine rings is 1. The molecule has 2 heterocycles. The van der Waals surface area contributed by atoms with Gasteiger partial charge in [-0.3, -0.25) is 24.2 Å². The number of β-amino-alcohol motifs (C(OH)–C–C–N with tert-alkyl or cyclic N) is 1. The Bertz CT molecular complexity index is 2380.